The molecular formula is C17H24N2O2. The first-order valence-corrected chi connectivity index (χ1v) is 7.55. The van der Waals surface area contributed by atoms with Gasteiger partial charge in [0.25, 0.3) is 0 Å². The molecule has 0 spiro atoms. The van der Waals surface area contributed by atoms with Crippen molar-refractivity contribution in [1.29, 1.82) is 0 Å². The average Bonchev–Trinajstić information content (AvgIpc) is 2.96. The van der Waals surface area contributed by atoms with E-state index >= 15 is 0 Å². The molecule has 1 heterocycles. The van der Waals surface area contributed by atoms with Crippen LogP contribution < -0.4 is 14.8 Å². The molecule has 1 aromatic carbocycles. The van der Waals surface area contributed by atoms with Gasteiger partial charge in [0.05, 0.1) is 13.2 Å². The van der Waals surface area contributed by atoms with Gasteiger partial charge in [-0.15, -0.1) is 0 Å². The topological polar surface area (TPSA) is 35.4 Å². The maximum absolute atomic E-state index is 5.63. The molecule has 0 saturated heterocycles. The van der Waals surface area contributed by atoms with E-state index in [4.69, 9.17) is 9.47 Å². The number of aryl methyl sites for hydroxylation is 1. The van der Waals surface area contributed by atoms with Gasteiger partial charge in [-0.2, -0.15) is 0 Å². The van der Waals surface area contributed by atoms with E-state index in [1.807, 2.05) is 32.0 Å². The molecule has 4 heteroatoms. The second kappa shape index (κ2) is 7.62. The minimum Gasteiger partial charge on any atom is -0.490 e. The Morgan fingerprint density at radius 3 is 2.43 bits per heavy atom. The quantitative estimate of drug-likeness (QED) is 0.799. The molecule has 114 valence electrons. The van der Waals surface area contributed by atoms with Crippen molar-refractivity contribution >= 4 is 5.69 Å². The highest BCUT2D eigenvalue weighted by Crippen LogP contribution is 2.30. The number of hydrogen-bond acceptors (Lipinski definition) is 3. The highest BCUT2D eigenvalue weighted by atomic mass is 16.5. The third-order valence-corrected chi connectivity index (χ3v) is 3.22. The molecule has 0 amide bonds. The van der Waals surface area contributed by atoms with E-state index < -0.39 is 0 Å². The van der Waals surface area contributed by atoms with Gasteiger partial charge in [0, 0.05) is 37.2 Å². The zero-order valence-corrected chi connectivity index (χ0v) is 13.1. The van der Waals surface area contributed by atoms with Crippen LogP contribution in [0.2, 0.25) is 0 Å². The molecule has 1 aromatic heterocycles. The van der Waals surface area contributed by atoms with Crippen molar-refractivity contribution < 1.29 is 9.47 Å². The Bertz CT molecular complexity index is 564. The molecule has 0 aliphatic carbocycles. The standard InChI is InChI=1S/C17H24N2O2/c1-4-19-10-9-14(13-19)12-18-15-7-8-16(20-5-2)17(11-15)21-6-3/h7-11,13,18H,4-6,12H2,1-3H3. The van der Waals surface area contributed by atoms with Crippen molar-refractivity contribution in [1.82, 2.24) is 4.57 Å². The summed E-state index contributed by atoms with van der Waals surface area (Å²) in [5.41, 5.74) is 2.30. The first kappa shape index (κ1) is 15.3. The van der Waals surface area contributed by atoms with Gasteiger partial charge in [-0.05, 0) is 44.5 Å². The van der Waals surface area contributed by atoms with Crippen molar-refractivity contribution in [2.24, 2.45) is 0 Å². The Kier molecular flexibility index (Phi) is 5.55. The lowest BCUT2D eigenvalue weighted by Crippen LogP contribution is -2.02. The van der Waals surface area contributed by atoms with E-state index in [-0.39, 0.29) is 0 Å². The molecule has 2 aromatic rings. The molecule has 1 N–H and O–H groups in total. The minimum absolute atomic E-state index is 0.628. The van der Waals surface area contributed by atoms with Gasteiger partial charge < -0.3 is 19.4 Å². The lowest BCUT2D eigenvalue weighted by molar-refractivity contribution is 0.288. The minimum atomic E-state index is 0.628. The van der Waals surface area contributed by atoms with Crippen LogP contribution in [0.1, 0.15) is 26.3 Å². The van der Waals surface area contributed by atoms with Gasteiger partial charge >= 0.3 is 0 Å². The number of hydrogen-bond donors (Lipinski definition) is 1. The Morgan fingerprint density at radius 2 is 1.76 bits per heavy atom. The number of nitrogens with one attached hydrogen (secondary N) is 1. The molecule has 0 radical (unpaired) electrons. The molecule has 0 saturated carbocycles. The number of aromatic nitrogens is 1. The van der Waals surface area contributed by atoms with Gasteiger partial charge in [-0.25, -0.2) is 0 Å². The van der Waals surface area contributed by atoms with Crippen molar-refractivity contribution in [2.75, 3.05) is 18.5 Å². The maximum atomic E-state index is 5.63. The summed E-state index contributed by atoms with van der Waals surface area (Å²) in [5, 5.41) is 3.42. The van der Waals surface area contributed by atoms with E-state index in [1.54, 1.807) is 0 Å². The number of benzene rings is 1. The summed E-state index contributed by atoms with van der Waals surface area (Å²) in [7, 11) is 0. The monoisotopic (exact) mass is 288 g/mol. The van der Waals surface area contributed by atoms with E-state index in [2.05, 4.69) is 35.3 Å². The Hall–Kier alpha value is -2.10. The van der Waals surface area contributed by atoms with Crippen LogP contribution in [0.3, 0.4) is 0 Å². The van der Waals surface area contributed by atoms with Crippen molar-refractivity contribution in [3.8, 4) is 11.5 Å². The summed E-state index contributed by atoms with van der Waals surface area (Å²) in [5.74, 6) is 1.58. The Morgan fingerprint density at radius 1 is 1.00 bits per heavy atom. The zero-order valence-electron chi connectivity index (χ0n) is 13.1. The molecule has 4 nitrogen and oxygen atoms in total. The highest BCUT2D eigenvalue weighted by Gasteiger charge is 2.06. The van der Waals surface area contributed by atoms with Crippen molar-refractivity contribution in [3.05, 3.63) is 42.2 Å². The van der Waals surface area contributed by atoms with Crippen LogP contribution in [0.5, 0.6) is 11.5 Å². The normalized spacial score (nSPS) is 10.4. The van der Waals surface area contributed by atoms with Crippen LogP contribution >= 0.6 is 0 Å². The molecule has 0 bridgehead atoms. The summed E-state index contributed by atoms with van der Waals surface area (Å²) in [4.78, 5) is 0. The number of anilines is 1. The molecule has 0 atom stereocenters. The van der Waals surface area contributed by atoms with Crippen LogP contribution in [0.15, 0.2) is 36.7 Å². The Balaban J connectivity index is 2.03. The van der Waals surface area contributed by atoms with Crippen LogP contribution in [0.4, 0.5) is 5.69 Å². The predicted octanol–water partition coefficient (Wildman–Crippen LogP) is 3.92. The SMILES string of the molecule is CCOc1ccc(NCc2ccn(CC)c2)cc1OCC. The lowest BCUT2D eigenvalue weighted by Gasteiger charge is -2.13. The van der Waals surface area contributed by atoms with E-state index in [9.17, 15) is 0 Å². The first-order valence-electron chi connectivity index (χ1n) is 7.55. The fourth-order valence-corrected chi connectivity index (χ4v) is 2.16. The van der Waals surface area contributed by atoms with Crippen LogP contribution in [0.25, 0.3) is 0 Å². The number of rotatable bonds is 8. The predicted molar refractivity (Wildman–Crippen MR) is 86.2 cm³/mol. The van der Waals surface area contributed by atoms with Gasteiger partial charge in [0.15, 0.2) is 11.5 Å². The largest absolute Gasteiger partial charge is 0.490 e. The van der Waals surface area contributed by atoms with Gasteiger partial charge in [-0.3, -0.25) is 0 Å². The molecule has 0 unspecified atom stereocenters. The van der Waals surface area contributed by atoms with Gasteiger partial charge in [0.2, 0.25) is 0 Å². The van der Waals surface area contributed by atoms with E-state index in [1.165, 1.54) is 5.56 Å². The van der Waals surface area contributed by atoms with E-state index in [0.29, 0.717) is 13.2 Å². The fraction of sp³-hybridized carbons (Fsp3) is 0.412. The highest BCUT2D eigenvalue weighted by molar-refractivity contribution is 5.55. The smallest absolute Gasteiger partial charge is 0.163 e. The third-order valence-electron chi connectivity index (χ3n) is 3.22. The second-order valence-corrected chi connectivity index (χ2v) is 4.73. The molecule has 0 aliphatic rings. The van der Waals surface area contributed by atoms with Gasteiger partial charge in [0.1, 0.15) is 0 Å². The summed E-state index contributed by atoms with van der Waals surface area (Å²) in [6, 6.07) is 8.10. The molecule has 0 fully saturated rings. The molecule has 0 aliphatic heterocycles. The second-order valence-electron chi connectivity index (χ2n) is 4.73. The average molecular weight is 288 g/mol. The Labute approximate surface area is 126 Å². The van der Waals surface area contributed by atoms with Crippen molar-refractivity contribution in [2.45, 2.75) is 33.9 Å². The van der Waals surface area contributed by atoms with Crippen LogP contribution in [-0.2, 0) is 13.1 Å². The van der Waals surface area contributed by atoms with E-state index in [0.717, 1.165) is 30.3 Å². The van der Waals surface area contributed by atoms with Gasteiger partial charge in [-0.1, -0.05) is 0 Å². The van der Waals surface area contributed by atoms with Crippen molar-refractivity contribution in [3.63, 3.8) is 0 Å². The van der Waals surface area contributed by atoms with Crippen LogP contribution in [-0.4, -0.2) is 17.8 Å². The molecule has 21 heavy (non-hydrogen) atoms. The molecular weight excluding hydrogens is 264 g/mol. The zero-order chi connectivity index (χ0) is 15.1. The third kappa shape index (κ3) is 4.18. The summed E-state index contributed by atoms with van der Waals surface area (Å²) < 4.78 is 13.4. The maximum Gasteiger partial charge on any atom is 0.163 e. The lowest BCUT2D eigenvalue weighted by atomic mass is 10.2. The molecule has 2 rings (SSSR count). The van der Waals surface area contributed by atoms with Crippen LogP contribution in [0, 0.1) is 0 Å². The number of ether oxygens (including phenoxy) is 2. The fourth-order valence-electron chi connectivity index (χ4n) is 2.16. The number of nitrogens with zero attached hydrogens (tertiary/aromatic N) is 1. The summed E-state index contributed by atoms with van der Waals surface area (Å²) in [6.07, 6.45) is 4.26. The first-order chi connectivity index (χ1) is 10.3. The summed E-state index contributed by atoms with van der Waals surface area (Å²) in [6.45, 7) is 9.14. The summed E-state index contributed by atoms with van der Waals surface area (Å²) >= 11 is 0.